The molecule has 35 heavy (non-hydrogen) atoms. The summed E-state index contributed by atoms with van der Waals surface area (Å²) in [5.41, 5.74) is 5.29. The van der Waals surface area contributed by atoms with Crippen LogP contribution < -0.4 is 20.1 Å². The van der Waals surface area contributed by atoms with E-state index >= 15 is 0 Å². The minimum Gasteiger partial charge on any atom is -0.493 e. The van der Waals surface area contributed by atoms with Crippen molar-refractivity contribution in [3.8, 4) is 11.5 Å². The van der Waals surface area contributed by atoms with Gasteiger partial charge in [0.15, 0.2) is 17.3 Å². The average Bonchev–Trinajstić information content (AvgIpc) is 3.01. The molecule has 2 unspecified atom stereocenters. The molecule has 3 aromatic carbocycles. The fourth-order valence-corrected chi connectivity index (χ4v) is 5.43. The van der Waals surface area contributed by atoms with Crippen LogP contribution in [0.3, 0.4) is 0 Å². The molecule has 0 saturated heterocycles. The molecule has 0 aromatic heterocycles. The van der Waals surface area contributed by atoms with Crippen LogP contribution >= 0.6 is 23.2 Å². The summed E-state index contributed by atoms with van der Waals surface area (Å²) in [4.78, 5) is 13.7. The number of Topliss-reactive ketones (excluding diaryl/α,β-unsaturated/α-hetero) is 1. The maximum Gasteiger partial charge on any atom is 0.163 e. The number of carbonyl (C=O) groups is 1. The smallest absolute Gasteiger partial charge is 0.163 e. The highest BCUT2D eigenvalue weighted by molar-refractivity contribution is 6.35. The van der Waals surface area contributed by atoms with Gasteiger partial charge in [-0.15, -0.1) is 0 Å². The molecule has 0 amide bonds. The summed E-state index contributed by atoms with van der Waals surface area (Å²) in [7, 11) is 1.63. The molecular weight excluding hydrogens is 483 g/mol. The number of halogens is 2. The second-order valence-corrected chi connectivity index (χ2v) is 9.52. The Balaban J connectivity index is 1.58. The maximum atomic E-state index is 13.7. The van der Waals surface area contributed by atoms with Crippen LogP contribution in [0.2, 0.25) is 10.0 Å². The minimum absolute atomic E-state index is 0.00456. The molecule has 2 atom stereocenters. The first-order valence-electron chi connectivity index (χ1n) is 11.6. The van der Waals surface area contributed by atoms with E-state index in [9.17, 15) is 4.79 Å². The second-order valence-electron chi connectivity index (χ2n) is 8.68. The number of anilines is 2. The monoisotopic (exact) mass is 508 g/mol. The van der Waals surface area contributed by atoms with Crippen LogP contribution in [0.5, 0.6) is 11.5 Å². The molecule has 0 bridgehead atoms. The van der Waals surface area contributed by atoms with Crippen molar-refractivity contribution in [2.75, 3.05) is 24.4 Å². The number of allylic oxidation sites excluding steroid dienone is 1. The molecule has 5 rings (SSSR count). The Kier molecular flexibility index (Phi) is 6.63. The molecule has 7 heteroatoms. The molecule has 0 radical (unpaired) electrons. The Morgan fingerprint density at radius 1 is 0.971 bits per heavy atom. The standard InChI is InChI=1S/C28H26Cl2N2O3/c1-3-35-25-11-8-16(14-26(25)34-2)17-12-23-27(24(33)13-17)28(19-10-9-18(29)15-20(19)30)32-22-7-5-4-6-21(22)31-23/h4-11,14-15,17,28,31-32H,3,12-13H2,1-2H3. The Hall–Kier alpha value is -3.15. The van der Waals surface area contributed by atoms with Crippen molar-refractivity contribution in [1.29, 1.82) is 0 Å². The number of benzene rings is 3. The number of hydrogen-bond acceptors (Lipinski definition) is 5. The van der Waals surface area contributed by atoms with Crippen molar-refractivity contribution in [3.63, 3.8) is 0 Å². The quantitative estimate of drug-likeness (QED) is 0.376. The number of ketones is 1. The van der Waals surface area contributed by atoms with E-state index in [1.54, 1.807) is 19.2 Å². The van der Waals surface area contributed by atoms with Gasteiger partial charge in [0.25, 0.3) is 0 Å². The van der Waals surface area contributed by atoms with E-state index in [2.05, 4.69) is 10.6 Å². The van der Waals surface area contributed by atoms with Crippen LogP contribution in [-0.4, -0.2) is 19.5 Å². The number of fused-ring (bicyclic) bond motifs is 1. The lowest BCUT2D eigenvalue weighted by atomic mass is 9.78. The topological polar surface area (TPSA) is 59.6 Å². The highest BCUT2D eigenvalue weighted by atomic mass is 35.5. The summed E-state index contributed by atoms with van der Waals surface area (Å²) in [5.74, 6) is 1.45. The maximum absolute atomic E-state index is 13.7. The fraction of sp³-hybridized carbons (Fsp3) is 0.250. The third kappa shape index (κ3) is 4.58. The van der Waals surface area contributed by atoms with Crippen molar-refractivity contribution in [1.82, 2.24) is 0 Å². The summed E-state index contributed by atoms with van der Waals surface area (Å²) in [5, 5.41) is 8.18. The van der Waals surface area contributed by atoms with E-state index < -0.39 is 6.04 Å². The molecule has 1 heterocycles. The van der Waals surface area contributed by atoms with Gasteiger partial charge < -0.3 is 20.1 Å². The average molecular weight is 509 g/mol. The number of para-hydroxylation sites is 2. The van der Waals surface area contributed by atoms with Crippen LogP contribution in [-0.2, 0) is 4.79 Å². The van der Waals surface area contributed by atoms with Crippen molar-refractivity contribution in [2.45, 2.75) is 31.7 Å². The number of carbonyl (C=O) groups excluding carboxylic acids is 1. The molecule has 180 valence electrons. The molecule has 5 nitrogen and oxygen atoms in total. The number of ether oxygens (including phenoxy) is 2. The van der Waals surface area contributed by atoms with Gasteiger partial charge in [-0.3, -0.25) is 4.79 Å². The first-order valence-corrected chi connectivity index (χ1v) is 12.4. The van der Waals surface area contributed by atoms with Gasteiger partial charge in [-0.1, -0.05) is 47.5 Å². The number of methoxy groups -OCH3 is 1. The second kappa shape index (κ2) is 9.84. The van der Waals surface area contributed by atoms with Crippen LogP contribution in [0.4, 0.5) is 11.4 Å². The third-order valence-corrected chi connectivity index (χ3v) is 7.10. The molecule has 0 spiro atoms. The molecule has 0 saturated carbocycles. The SMILES string of the molecule is CCOc1ccc(C2CC(=O)C3=C(C2)Nc2ccccc2NC3c2ccc(Cl)cc2Cl)cc1OC. The lowest BCUT2D eigenvalue weighted by Gasteiger charge is -2.30. The fourth-order valence-electron chi connectivity index (χ4n) is 4.91. The summed E-state index contributed by atoms with van der Waals surface area (Å²) in [6.07, 6.45) is 1.06. The number of hydrogen-bond donors (Lipinski definition) is 2. The van der Waals surface area contributed by atoms with Gasteiger partial charge in [-0.2, -0.15) is 0 Å². The number of nitrogens with one attached hydrogen (secondary N) is 2. The summed E-state index contributed by atoms with van der Waals surface area (Å²) >= 11 is 12.8. The highest BCUT2D eigenvalue weighted by Crippen LogP contribution is 2.46. The van der Waals surface area contributed by atoms with E-state index in [1.807, 2.05) is 55.5 Å². The van der Waals surface area contributed by atoms with Crippen molar-refractivity contribution >= 4 is 40.4 Å². The van der Waals surface area contributed by atoms with E-state index in [-0.39, 0.29) is 11.7 Å². The molecular formula is C28H26Cl2N2O3. The van der Waals surface area contributed by atoms with Gasteiger partial charge in [-0.25, -0.2) is 0 Å². The van der Waals surface area contributed by atoms with Crippen molar-refractivity contribution in [3.05, 3.63) is 93.1 Å². The Morgan fingerprint density at radius 3 is 2.51 bits per heavy atom. The van der Waals surface area contributed by atoms with E-state index in [0.717, 1.165) is 28.2 Å². The van der Waals surface area contributed by atoms with Gasteiger partial charge >= 0.3 is 0 Å². The Morgan fingerprint density at radius 2 is 1.77 bits per heavy atom. The Bertz CT molecular complexity index is 1320. The van der Waals surface area contributed by atoms with Crippen LogP contribution in [0.1, 0.15) is 42.9 Å². The van der Waals surface area contributed by atoms with E-state index in [0.29, 0.717) is 46.6 Å². The molecule has 1 aliphatic carbocycles. The number of rotatable bonds is 5. The van der Waals surface area contributed by atoms with Crippen molar-refractivity contribution < 1.29 is 14.3 Å². The third-order valence-electron chi connectivity index (χ3n) is 6.54. The van der Waals surface area contributed by atoms with Crippen molar-refractivity contribution in [2.24, 2.45) is 0 Å². The molecule has 0 fully saturated rings. The van der Waals surface area contributed by atoms with Gasteiger partial charge in [0.1, 0.15) is 0 Å². The lowest BCUT2D eigenvalue weighted by molar-refractivity contribution is -0.116. The summed E-state index contributed by atoms with van der Waals surface area (Å²) in [6, 6.07) is 18.9. The molecule has 2 aliphatic rings. The summed E-state index contributed by atoms with van der Waals surface area (Å²) < 4.78 is 11.2. The zero-order valence-corrected chi connectivity index (χ0v) is 21.0. The largest absolute Gasteiger partial charge is 0.493 e. The lowest BCUT2D eigenvalue weighted by Crippen LogP contribution is -2.27. The molecule has 3 aromatic rings. The molecule has 2 N–H and O–H groups in total. The van der Waals surface area contributed by atoms with Gasteiger partial charge in [-0.05, 0) is 66.8 Å². The van der Waals surface area contributed by atoms with Crippen LogP contribution in [0, 0.1) is 0 Å². The zero-order chi connectivity index (χ0) is 24.5. The first kappa shape index (κ1) is 23.6. The summed E-state index contributed by atoms with van der Waals surface area (Å²) in [6.45, 7) is 2.49. The zero-order valence-electron chi connectivity index (χ0n) is 19.5. The van der Waals surface area contributed by atoms with E-state index in [4.69, 9.17) is 32.7 Å². The van der Waals surface area contributed by atoms with Gasteiger partial charge in [0.2, 0.25) is 0 Å². The normalized spacial score (nSPS) is 19.1. The predicted molar refractivity (Wildman–Crippen MR) is 141 cm³/mol. The Labute approximate surface area is 215 Å². The minimum atomic E-state index is -0.394. The highest BCUT2D eigenvalue weighted by Gasteiger charge is 2.37. The van der Waals surface area contributed by atoms with Crippen LogP contribution in [0.15, 0.2) is 71.9 Å². The van der Waals surface area contributed by atoms with Gasteiger partial charge in [0.05, 0.1) is 31.1 Å². The van der Waals surface area contributed by atoms with Crippen LogP contribution in [0.25, 0.3) is 0 Å². The van der Waals surface area contributed by atoms with E-state index in [1.165, 1.54) is 0 Å². The predicted octanol–water partition coefficient (Wildman–Crippen LogP) is 7.38. The van der Waals surface area contributed by atoms with Gasteiger partial charge in [0, 0.05) is 27.7 Å². The first-order chi connectivity index (χ1) is 17.0. The molecule has 1 aliphatic heterocycles.